The van der Waals surface area contributed by atoms with Crippen molar-refractivity contribution in [3.63, 3.8) is 0 Å². The van der Waals surface area contributed by atoms with Crippen LogP contribution in [-0.4, -0.2) is 64.6 Å². The Morgan fingerprint density at radius 2 is 2.12 bits per heavy atom. The fraction of sp³-hybridized carbons (Fsp3) is 0.526. The standard InChI is InChI=1S/C17H21N5O2S.C2HF3O2/c1-12-20-21-16(25-12)22-8-13-9-24-11-17(13,10-22)6-15(23)19-7-14-4-2-3-5-18-14;3-2(4,5)1(6)7/h2-5,13H,6-11H2,1H3,(H,19,23);(H,6,7)/t13-,17+;/m1./s1. The van der Waals surface area contributed by atoms with E-state index in [0.29, 0.717) is 32.1 Å². The second-order valence-corrected chi connectivity index (χ2v) is 8.80. The molecule has 174 valence electrons. The molecule has 0 spiro atoms. The Bertz CT molecular complexity index is 943. The lowest BCUT2D eigenvalue weighted by Crippen LogP contribution is -2.37. The van der Waals surface area contributed by atoms with Crippen molar-refractivity contribution >= 4 is 28.3 Å². The van der Waals surface area contributed by atoms with Gasteiger partial charge in [-0.3, -0.25) is 9.78 Å². The van der Waals surface area contributed by atoms with Gasteiger partial charge in [-0.2, -0.15) is 13.2 Å². The van der Waals surface area contributed by atoms with Gasteiger partial charge in [0.1, 0.15) is 5.01 Å². The first-order valence-electron chi connectivity index (χ1n) is 9.68. The van der Waals surface area contributed by atoms with Crippen LogP contribution in [0.2, 0.25) is 0 Å². The number of rotatable bonds is 5. The first kappa shape index (κ1) is 23.9. The molecule has 4 rings (SSSR count). The van der Waals surface area contributed by atoms with E-state index in [-0.39, 0.29) is 11.3 Å². The molecule has 2 saturated heterocycles. The minimum atomic E-state index is -5.08. The number of fused-ring (bicyclic) bond motifs is 1. The molecule has 2 aliphatic heterocycles. The van der Waals surface area contributed by atoms with Gasteiger partial charge in [0.25, 0.3) is 0 Å². The molecule has 2 atom stereocenters. The monoisotopic (exact) mass is 473 g/mol. The van der Waals surface area contributed by atoms with Crippen molar-refractivity contribution in [1.29, 1.82) is 0 Å². The summed E-state index contributed by atoms with van der Waals surface area (Å²) in [7, 11) is 0. The number of hydrogen-bond donors (Lipinski definition) is 2. The van der Waals surface area contributed by atoms with Gasteiger partial charge < -0.3 is 20.1 Å². The molecule has 0 aromatic carbocycles. The maximum atomic E-state index is 12.5. The van der Waals surface area contributed by atoms with Crippen LogP contribution in [0.15, 0.2) is 24.4 Å². The number of pyridine rings is 1. The van der Waals surface area contributed by atoms with Crippen molar-refractivity contribution in [3.05, 3.63) is 35.1 Å². The molecular weight excluding hydrogens is 451 g/mol. The lowest BCUT2D eigenvalue weighted by atomic mass is 9.78. The number of anilines is 1. The number of carbonyl (C=O) groups is 2. The van der Waals surface area contributed by atoms with Crippen molar-refractivity contribution in [1.82, 2.24) is 20.5 Å². The minimum Gasteiger partial charge on any atom is -0.475 e. The summed E-state index contributed by atoms with van der Waals surface area (Å²) in [5.74, 6) is -2.35. The normalized spacial score (nSPS) is 22.1. The highest BCUT2D eigenvalue weighted by Crippen LogP contribution is 2.45. The molecule has 0 bridgehead atoms. The number of aliphatic carboxylic acids is 1. The van der Waals surface area contributed by atoms with Crippen molar-refractivity contribution in [2.24, 2.45) is 11.3 Å². The quantitative estimate of drug-likeness (QED) is 0.678. The van der Waals surface area contributed by atoms with E-state index < -0.39 is 12.1 Å². The Balaban J connectivity index is 0.000000360. The third-order valence-electron chi connectivity index (χ3n) is 5.25. The molecule has 0 radical (unpaired) electrons. The van der Waals surface area contributed by atoms with Gasteiger partial charge in [-0.25, -0.2) is 4.79 Å². The SMILES string of the molecule is Cc1nnc(N2C[C@@H]3COC[C@]3(CC(=O)NCc3ccccn3)C2)s1.O=C(O)C(F)(F)F. The molecule has 2 aromatic rings. The van der Waals surface area contributed by atoms with Gasteiger partial charge >= 0.3 is 12.1 Å². The number of nitrogens with one attached hydrogen (secondary N) is 1. The van der Waals surface area contributed by atoms with Crippen LogP contribution in [0.4, 0.5) is 18.3 Å². The number of aryl methyl sites for hydroxylation is 1. The van der Waals surface area contributed by atoms with Crippen LogP contribution in [0.3, 0.4) is 0 Å². The van der Waals surface area contributed by atoms with Gasteiger partial charge in [0.05, 0.1) is 25.5 Å². The van der Waals surface area contributed by atoms with Gasteiger partial charge in [-0.1, -0.05) is 17.4 Å². The first-order valence-corrected chi connectivity index (χ1v) is 10.5. The second kappa shape index (κ2) is 9.77. The molecule has 0 aliphatic carbocycles. The minimum absolute atomic E-state index is 0.0523. The molecule has 1 amide bonds. The summed E-state index contributed by atoms with van der Waals surface area (Å²) in [4.78, 5) is 27.9. The topological polar surface area (TPSA) is 118 Å². The Hall–Kier alpha value is -2.80. The number of hydrogen-bond acceptors (Lipinski definition) is 8. The number of carbonyl (C=O) groups excluding carboxylic acids is 1. The van der Waals surface area contributed by atoms with Gasteiger partial charge in [-0.05, 0) is 19.1 Å². The molecule has 0 saturated carbocycles. The average molecular weight is 473 g/mol. The summed E-state index contributed by atoms with van der Waals surface area (Å²) in [6.07, 6.45) is -2.88. The largest absolute Gasteiger partial charge is 0.490 e. The fourth-order valence-electron chi connectivity index (χ4n) is 3.72. The summed E-state index contributed by atoms with van der Waals surface area (Å²) >= 11 is 1.60. The van der Waals surface area contributed by atoms with E-state index >= 15 is 0 Å². The molecule has 2 aliphatic rings. The first-order chi connectivity index (χ1) is 15.1. The van der Waals surface area contributed by atoms with Crippen molar-refractivity contribution < 1.29 is 32.6 Å². The highest BCUT2D eigenvalue weighted by atomic mass is 32.1. The number of carboxylic acids is 1. The highest BCUT2D eigenvalue weighted by Gasteiger charge is 2.52. The smallest absolute Gasteiger partial charge is 0.475 e. The lowest BCUT2D eigenvalue weighted by Gasteiger charge is -2.26. The van der Waals surface area contributed by atoms with E-state index in [1.165, 1.54) is 0 Å². The molecule has 2 N–H and O–H groups in total. The maximum Gasteiger partial charge on any atom is 0.490 e. The summed E-state index contributed by atoms with van der Waals surface area (Å²) < 4.78 is 37.5. The Morgan fingerprint density at radius 3 is 2.72 bits per heavy atom. The number of amides is 1. The predicted octanol–water partition coefficient (Wildman–Crippen LogP) is 2.03. The van der Waals surface area contributed by atoms with Crippen molar-refractivity contribution in [2.45, 2.75) is 26.1 Å². The summed E-state index contributed by atoms with van der Waals surface area (Å²) in [6.45, 7) is 5.43. The van der Waals surface area contributed by atoms with Crippen LogP contribution >= 0.6 is 11.3 Å². The summed E-state index contributed by atoms with van der Waals surface area (Å²) in [6, 6.07) is 5.70. The lowest BCUT2D eigenvalue weighted by molar-refractivity contribution is -0.192. The van der Waals surface area contributed by atoms with Crippen LogP contribution in [0.25, 0.3) is 0 Å². The number of aromatic nitrogens is 3. The highest BCUT2D eigenvalue weighted by molar-refractivity contribution is 7.15. The van der Waals surface area contributed by atoms with Gasteiger partial charge in [-0.15, -0.1) is 10.2 Å². The third kappa shape index (κ3) is 5.91. The number of nitrogens with zero attached hydrogens (tertiary/aromatic N) is 4. The fourth-order valence-corrected chi connectivity index (χ4v) is 4.41. The van der Waals surface area contributed by atoms with Crippen molar-refractivity contribution in [3.8, 4) is 0 Å². The zero-order valence-electron chi connectivity index (χ0n) is 17.1. The van der Waals surface area contributed by atoms with Crippen LogP contribution in [-0.2, 0) is 20.9 Å². The van der Waals surface area contributed by atoms with E-state index in [9.17, 15) is 18.0 Å². The molecule has 9 nitrogen and oxygen atoms in total. The number of carboxylic acid groups (broad SMARTS) is 1. The van der Waals surface area contributed by atoms with E-state index in [1.807, 2.05) is 25.1 Å². The summed E-state index contributed by atoms with van der Waals surface area (Å²) in [5.41, 5.74) is 0.735. The molecule has 2 fully saturated rings. The van der Waals surface area contributed by atoms with Crippen LogP contribution in [0.5, 0.6) is 0 Å². The maximum absolute atomic E-state index is 12.5. The molecule has 4 heterocycles. The molecule has 2 aromatic heterocycles. The summed E-state index contributed by atoms with van der Waals surface area (Å²) in [5, 5.41) is 20.4. The van der Waals surface area contributed by atoms with Crippen LogP contribution in [0.1, 0.15) is 17.1 Å². The Kier molecular flexibility index (Phi) is 7.29. The molecule has 13 heteroatoms. The Morgan fingerprint density at radius 1 is 1.38 bits per heavy atom. The second-order valence-electron chi connectivity index (χ2n) is 7.64. The molecule has 0 unspecified atom stereocenters. The Labute approximate surface area is 185 Å². The number of ether oxygens (including phenoxy) is 1. The van der Waals surface area contributed by atoms with Gasteiger partial charge in [0, 0.05) is 37.0 Å². The third-order valence-corrected chi connectivity index (χ3v) is 6.15. The molecule has 32 heavy (non-hydrogen) atoms. The number of halogens is 3. The predicted molar refractivity (Wildman–Crippen MR) is 108 cm³/mol. The average Bonchev–Trinajstić information content (AvgIpc) is 3.40. The van der Waals surface area contributed by atoms with Crippen LogP contribution in [0, 0.1) is 18.3 Å². The zero-order chi connectivity index (χ0) is 23.4. The number of alkyl halides is 3. The zero-order valence-corrected chi connectivity index (χ0v) is 17.9. The van der Waals surface area contributed by atoms with Crippen LogP contribution < -0.4 is 10.2 Å². The van der Waals surface area contributed by atoms with E-state index in [1.54, 1.807) is 17.5 Å². The van der Waals surface area contributed by atoms with E-state index in [0.717, 1.165) is 28.9 Å². The van der Waals surface area contributed by atoms with Crippen molar-refractivity contribution in [2.75, 3.05) is 31.2 Å². The molecular formula is C19H22F3N5O4S. The van der Waals surface area contributed by atoms with Gasteiger partial charge in [0.2, 0.25) is 11.0 Å². The van der Waals surface area contributed by atoms with E-state index in [4.69, 9.17) is 14.6 Å². The van der Waals surface area contributed by atoms with E-state index in [2.05, 4.69) is 25.4 Å². The van der Waals surface area contributed by atoms with Gasteiger partial charge in [0.15, 0.2) is 0 Å².